The summed E-state index contributed by atoms with van der Waals surface area (Å²) in [6, 6.07) is -0.290. The van der Waals surface area contributed by atoms with Gasteiger partial charge in [-0.2, -0.15) is 0 Å². The van der Waals surface area contributed by atoms with Crippen LogP contribution < -0.4 is 11.1 Å². The Morgan fingerprint density at radius 3 is 2.50 bits per heavy atom. The Morgan fingerprint density at radius 2 is 1.86 bits per heavy atom. The summed E-state index contributed by atoms with van der Waals surface area (Å²) in [6.45, 7) is 0. The van der Waals surface area contributed by atoms with Crippen LogP contribution in [0.15, 0.2) is 0 Å². The Bertz CT molecular complexity index is 230. The molecule has 1 saturated carbocycles. The Balaban J connectivity index is 2.48. The largest absolute Gasteiger partial charge is 0.474 e. The molecule has 1 rings (SSSR count). The summed E-state index contributed by atoms with van der Waals surface area (Å²) in [5, 5.41) is 10.9. The molecule has 0 radical (unpaired) electrons. The minimum atomic E-state index is -1.44. The van der Waals surface area contributed by atoms with Crippen molar-refractivity contribution >= 4 is 11.9 Å². The van der Waals surface area contributed by atoms with Crippen molar-refractivity contribution in [1.29, 1.82) is 0 Å². The lowest BCUT2D eigenvalue weighted by atomic mass is 10.0. The van der Waals surface area contributed by atoms with Gasteiger partial charge in [0, 0.05) is 12.1 Å². The maximum Gasteiger partial charge on any atom is 0.394 e. The van der Waals surface area contributed by atoms with E-state index in [1.807, 2.05) is 0 Å². The summed E-state index contributed by atoms with van der Waals surface area (Å²) in [6.07, 6.45) is 4.79. The van der Waals surface area contributed by atoms with Crippen LogP contribution in [0.5, 0.6) is 0 Å². The van der Waals surface area contributed by atoms with Gasteiger partial charge in [0.05, 0.1) is 0 Å². The van der Waals surface area contributed by atoms with Crippen molar-refractivity contribution in [2.75, 3.05) is 0 Å². The van der Waals surface area contributed by atoms with E-state index in [1.54, 1.807) is 0 Å². The third-order valence-corrected chi connectivity index (χ3v) is 2.58. The molecule has 1 fully saturated rings. The highest BCUT2D eigenvalue weighted by Gasteiger charge is 2.24. The van der Waals surface area contributed by atoms with Crippen LogP contribution in [0.4, 0.5) is 0 Å². The second-order valence-corrected chi connectivity index (χ2v) is 3.69. The van der Waals surface area contributed by atoms with Crippen LogP contribution in [0, 0.1) is 0 Å². The molecule has 0 saturated heterocycles. The number of nitrogens with two attached hydrogens (primary N) is 1. The van der Waals surface area contributed by atoms with Gasteiger partial charge in [-0.25, -0.2) is 4.79 Å². The average molecular weight is 200 g/mol. The lowest BCUT2D eigenvalue weighted by Gasteiger charge is -2.21. The summed E-state index contributed by atoms with van der Waals surface area (Å²) >= 11 is 0. The van der Waals surface area contributed by atoms with Crippen LogP contribution in [-0.4, -0.2) is 29.1 Å². The van der Waals surface area contributed by atoms with Crippen LogP contribution in [0.25, 0.3) is 0 Å². The number of amides is 1. The summed E-state index contributed by atoms with van der Waals surface area (Å²) in [5.74, 6) is -2.39. The van der Waals surface area contributed by atoms with Gasteiger partial charge in [0.25, 0.3) is 0 Å². The van der Waals surface area contributed by atoms with Crippen molar-refractivity contribution in [3.05, 3.63) is 0 Å². The van der Waals surface area contributed by atoms with Crippen molar-refractivity contribution in [2.24, 2.45) is 5.73 Å². The molecular formula is C9H16N2O3. The fraction of sp³-hybridized carbons (Fsp3) is 0.778. The number of hydrogen-bond acceptors (Lipinski definition) is 3. The Hall–Kier alpha value is -1.10. The second kappa shape index (κ2) is 4.95. The first kappa shape index (κ1) is 11.0. The summed E-state index contributed by atoms with van der Waals surface area (Å²) in [4.78, 5) is 21.2. The highest BCUT2D eigenvalue weighted by atomic mass is 16.4. The normalized spacial score (nSPS) is 27.8. The molecule has 0 aromatic rings. The highest BCUT2D eigenvalue weighted by Crippen LogP contribution is 2.16. The van der Waals surface area contributed by atoms with Crippen LogP contribution in [-0.2, 0) is 9.59 Å². The summed E-state index contributed by atoms with van der Waals surface area (Å²) < 4.78 is 0. The molecular weight excluding hydrogens is 184 g/mol. The smallest absolute Gasteiger partial charge is 0.394 e. The lowest BCUT2D eigenvalue weighted by Crippen LogP contribution is -2.48. The van der Waals surface area contributed by atoms with Gasteiger partial charge in [-0.1, -0.05) is 19.3 Å². The predicted octanol–water partition coefficient (Wildman–Crippen LogP) is -0.153. The summed E-state index contributed by atoms with van der Waals surface area (Å²) in [5.41, 5.74) is 5.82. The van der Waals surface area contributed by atoms with Crippen molar-refractivity contribution in [1.82, 2.24) is 5.32 Å². The zero-order chi connectivity index (χ0) is 10.6. The Morgan fingerprint density at radius 1 is 1.21 bits per heavy atom. The first-order chi connectivity index (χ1) is 6.61. The molecule has 2 atom stereocenters. The van der Waals surface area contributed by atoms with Crippen molar-refractivity contribution < 1.29 is 14.7 Å². The first-order valence-electron chi connectivity index (χ1n) is 4.90. The van der Waals surface area contributed by atoms with Crippen LogP contribution in [0.2, 0.25) is 0 Å². The molecule has 14 heavy (non-hydrogen) atoms. The Labute approximate surface area is 82.7 Å². The molecule has 1 aliphatic rings. The third kappa shape index (κ3) is 2.99. The van der Waals surface area contributed by atoms with Gasteiger partial charge >= 0.3 is 11.9 Å². The van der Waals surface area contributed by atoms with Crippen LogP contribution in [0.3, 0.4) is 0 Å². The molecule has 0 aliphatic heterocycles. The zero-order valence-corrected chi connectivity index (χ0v) is 8.03. The van der Waals surface area contributed by atoms with Crippen LogP contribution >= 0.6 is 0 Å². The van der Waals surface area contributed by atoms with Gasteiger partial charge in [-0.05, 0) is 12.8 Å². The molecule has 5 nitrogen and oxygen atoms in total. The van der Waals surface area contributed by atoms with Gasteiger partial charge in [-0.15, -0.1) is 0 Å². The van der Waals surface area contributed by atoms with Crippen molar-refractivity contribution in [2.45, 2.75) is 44.2 Å². The van der Waals surface area contributed by atoms with Gasteiger partial charge in [0.2, 0.25) is 0 Å². The van der Waals surface area contributed by atoms with Gasteiger partial charge in [0.15, 0.2) is 0 Å². The quantitative estimate of drug-likeness (QED) is 0.405. The number of carbonyl (C=O) groups excluding carboxylic acids is 1. The van der Waals surface area contributed by atoms with E-state index in [0.717, 1.165) is 32.1 Å². The molecule has 4 N–H and O–H groups in total. The van der Waals surface area contributed by atoms with Crippen molar-refractivity contribution in [3.63, 3.8) is 0 Å². The van der Waals surface area contributed by atoms with E-state index in [-0.39, 0.29) is 12.1 Å². The molecule has 1 aliphatic carbocycles. The molecule has 0 unspecified atom stereocenters. The second-order valence-electron chi connectivity index (χ2n) is 3.69. The van der Waals surface area contributed by atoms with E-state index in [1.165, 1.54) is 0 Å². The maximum absolute atomic E-state index is 10.9. The molecule has 5 heteroatoms. The number of carboxylic acids is 1. The molecule has 0 spiro atoms. The standard InChI is InChI=1S/C9H16N2O3/c10-6-4-2-1-3-5-7(6)11-8(12)9(13)14/h6-7H,1-5,10H2,(H,11,12)(H,13,14)/t6-,7-/m1/s1. The summed E-state index contributed by atoms with van der Waals surface area (Å²) in [7, 11) is 0. The van der Waals surface area contributed by atoms with E-state index in [2.05, 4.69) is 5.32 Å². The third-order valence-electron chi connectivity index (χ3n) is 2.58. The monoisotopic (exact) mass is 200 g/mol. The lowest BCUT2D eigenvalue weighted by molar-refractivity contribution is -0.150. The fourth-order valence-electron chi connectivity index (χ4n) is 1.75. The molecule has 1 amide bonds. The first-order valence-corrected chi connectivity index (χ1v) is 4.90. The Kier molecular flexibility index (Phi) is 3.88. The van der Waals surface area contributed by atoms with E-state index < -0.39 is 11.9 Å². The minimum absolute atomic E-state index is 0.110. The van der Waals surface area contributed by atoms with Gasteiger partial charge in [0.1, 0.15) is 0 Å². The number of hydrogen-bond donors (Lipinski definition) is 3. The van der Waals surface area contributed by atoms with E-state index in [0.29, 0.717) is 0 Å². The number of carboxylic acid groups (broad SMARTS) is 1. The molecule has 0 aromatic carbocycles. The number of rotatable bonds is 1. The SMILES string of the molecule is N[C@@H]1CCCCC[C@H]1NC(=O)C(=O)O. The van der Waals surface area contributed by atoms with Gasteiger partial charge < -0.3 is 16.2 Å². The van der Waals surface area contributed by atoms with Crippen LogP contribution in [0.1, 0.15) is 32.1 Å². The highest BCUT2D eigenvalue weighted by molar-refractivity contribution is 6.31. The number of carbonyl (C=O) groups is 2. The molecule has 0 aromatic heterocycles. The minimum Gasteiger partial charge on any atom is -0.474 e. The fourth-order valence-corrected chi connectivity index (χ4v) is 1.75. The molecule has 0 heterocycles. The van der Waals surface area contributed by atoms with E-state index in [4.69, 9.17) is 10.8 Å². The zero-order valence-electron chi connectivity index (χ0n) is 8.03. The number of nitrogens with one attached hydrogen (secondary N) is 1. The average Bonchev–Trinajstić information content (AvgIpc) is 2.32. The van der Waals surface area contributed by atoms with E-state index >= 15 is 0 Å². The van der Waals surface area contributed by atoms with Crippen molar-refractivity contribution in [3.8, 4) is 0 Å². The molecule has 0 bridgehead atoms. The number of aliphatic carboxylic acids is 1. The predicted molar refractivity (Wildman–Crippen MR) is 50.6 cm³/mol. The van der Waals surface area contributed by atoms with E-state index in [9.17, 15) is 9.59 Å². The van der Waals surface area contributed by atoms with Gasteiger partial charge in [-0.3, -0.25) is 4.79 Å². The topological polar surface area (TPSA) is 92.4 Å². The maximum atomic E-state index is 10.9. The molecule has 80 valence electrons.